The third kappa shape index (κ3) is 4.49. The zero-order chi connectivity index (χ0) is 20.2. The molecular weight excluding hydrogens is 360 g/mol. The number of ether oxygens (including phenoxy) is 1. The molecule has 0 radical (unpaired) electrons. The van der Waals surface area contributed by atoms with Gasteiger partial charge in [0.1, 0.15) is 17.3 Å². The van der Waals surface area contributed by atoms with Gasteiger partial charge in [-0.3, -0.25) is 0 Å². The summed E-state index contributed by atoms with van der Waals surface area (Å²) in [4.78, 5) is 6.80. The predicted octanol–water partition coefficient (Wildman–Crippen LogP) is 6.10. The molecule has 1 heterocycles. The summed E-state index contributed by atoms with van der Waals surface area (Å²) in [5.41, 5.74) is 4.25. The smallest absolute Gasteiger partial charge is 0.226 e. The minimum Gasteiger partial charge on any atom is -0.457 e. The Labute approximate surface area is 171 Å². The van der Waals surface area contributed by atoms with Crippen LogP contribution in [0.3, 0.4) is 0 Å². The van der Waals surface area contributed by atoms with Crippen LogP contribution < -0.4 is 9.64 Å². The maximum atomic E-state index is 5.93. The highest BCUT2D eigenvalue weighted by atomic mass is 16.5. The van der Waals surface area contributed by atoms with E-state index in [2.05, 4.69) is 29.2 Å². The Bertz CT molecular complexity index is 1070. The van der Waals surface area contributed by atoms with Gasteiger partial charge < -0.3 is 14.1 Å². The highest BCUT2D eigenvalue weighted by molar-refractivity contribution is 5.59. The standard InChI is InChI=1S/C25H24N2O2/c1-18-24(26-25(28-18)20-11-13-21(14-12-20)27(2)3)17-19-9-15-23(16-10-19)29-22-7-5-4-6-8-22/h4-16H,17H2,1-3H3. The zero-order valence-corrected chi connectivity index (χ0v) is 16.9. The number of aromatic nitrogens is 1. The lowest BCUT2D eigenvalue weighted by molar-refractivity contribution is 0.482. The fourth-order valence-corrected chi connectivity index (χ4v) is 3.11. The second kappa shape index (κ2) is 8.23. The van der Waals surface area contributed by atoms with E-state index in [1.807, 2.05) is 75.6 Å². The van der Waals surface area contributed by atoms with Crippen molar-refractivity contribution < 1.29 is 9.15 Å². The van der Waals surface area contributed by atoms with E-state index in [0.29, 0.717) is 5.89 Å². The molecule has 3 aromatic carbocycles. The molecule has 0 aliphatic carbocycles. The van der Waals surface area contributed by atoms with Gasteiger partial charge in [0, 0.05) is 31.8 Å². The summed E-state index contributed by atoms with van der Waals surface area (Å²) in [5, 5.41) is 0. The van der Waals surface area contributed by atoms with Gasteiger partial charge in [-0.1, -0.05) is 30.3 Å². The van der Waals surface area contributed by atoms with E-state index in [0.717, 1.165) is 46.2 Å². The summed E-state index contributed by atoms with van der Waals surface area (Å²) in [6.45, 7) is 1.97. The molecular formula is C25H24N2O2. The lowest BCUT2D eigenvalue weighted by Crippen LogP contribution is -2.07. The molecule has 4 aromatic rings. The van der Waals surface area contributed by atoms with Gasteiger partial charge in [0.2, 0.25) is 5.89 Å². The van der Waals surface area contributed by atoms with Gasteiger partial charge in [-0.2, -0.15) is 0 Å². The molecule has 29 heavy (non-hydrogen) atoms. The number of rotatable bonds is 6. The van der Waals surface area contributed by atoms with Crippen LogP contribution in [0.4, 0.5) is 5.69 Å². The van der Waals surface area contributed by atoms with Crippen LogP contribution >= 0.6 is 0 Å². The van der Waals surface area contributed by atoms with Crippen LogP contribution in [0.1, 0.15) is 17.0 Å². The number of benzene rings is 3. The number of nitrogens with zero attached hydrogens (tertiary/aromatic N) is 2. The Hall–Kier alpha value is -3.53. The maximum Gasteiger partial charge on any atom is 0.226 e. The zero-order valence-electron chi connectivity index (χ0n) is 16.9. The third-order valence-electron chi connectivity index (χ3n) is 4.80. The number of aryl methyl sites for hydroxylation is 1. The van der Waals surface area contributed by atoms with E-state index in [1.165, 1.54) is 0 Å². The normalized spacial score (nSPS) is 10.7. The second-order valence-corrected chi connectivity index (χ2v) is 7.20. The Morgan fingerprint density at radius 3 is 2.14 bits per heavy atom. The summed E-state index contributed by atoms with van der Waals surface area (Å²) in [6, 6.07) is 26.1. The predicted molar refractivity (Wildman–Crippen MR) is 117 cm³/mol. The number of anilines is 1. The van der Waals surface area contributed by atoms with E-state index in [9.17, 15) is 0 Å². The van der Waals surface area contributed by atoms with Crippen LogP contribution in [-0.2, 0) is 6.42 Å². The van der Waals surface area contributed by atoms with Crippen LogP contribution in [0.25, 0.3) is 11.5 Å². The van der Waals surface area contributed by atoms with Crippen LogP contribution in [-0.4, -0.2) is 19.1 Å². The summed E-state index contributed by atoms with van der Waals surface area (Å²) < 4.78 is 11.8. The van der Waals surface area contributed by atoms with Crippen LogP contribution in [0, 0.1) is 6.92 Å². The summed E-state index contributed by atoms with van der Waals surface area (Å²) in [7, 11) is 4.05. The molecule has 0 spiro atoms. The number of oxazole rings is 1. The largest absolute Gasteiger partial charge is 0.457 e. The van der Waals surface area contributed by atoms with Crippen molar-refractivity contribution in [2.45, 2.75) is 13.3 Å². The molecule has 0 aliphatic rings. The van der Waals surface area contributed by atoms with E-state index in [1.54, 1.807) is 0 Å². The molecule has 4 rings (SSSR count). The van der Waals surface area contributed by atoms with E-state index in [-0.39, 0.29) is 0 Å². The van der Waals surface area contributed by atoms with Gasteiger partial charge in [0.15, 0.2) is 0 Å². The lowest BCUT2D eigenvalue weighted by Gasteiger charge is -2.11. The molecule has 0 N–H and O–H groups in total. The van der Waals surface area contributed by atoms with Crippen molar-refractivity contribution in [2.75, 3.05) is 19.0 Å². The fourth-order valence-electron chi connectivity index (χ4n) is 3.11. The Morgan fingerprint density at radius 2 is 1.48 bits per heavy atom. The summed E-state index contributed by atoms with van der Waals surface area (Å²) in [5.74, 6) is 3.16. The van der Waals surface area contributed by atoms with Crippen molar-refractivity contribution in [1.29, 1.82) is 0 Å². The topological polar surface area (TPSA) is 38.5 Å². The van der Waals surface area contributed by atoms with Crippen molar-refractivity contribution in [3.05, 3.63) is 95.9 Å². The van der Waals surface area contributed by atoms with Crippen molar-refractivity contribution in [3.63, 3.8) is 0 Å². The number of hydrogen-bond donors (Lipinski definition) is 0. The quantitative estimate of drug-likeness (QED) is 0.403. The van der Waals surface area contributed by atoms with Gasteiger partial charge in [-0.25, -0.2) is 4.98 Å². The average molecular weight is 384 g/mol. The van der Waals surface area contributed by atoms with E-state index in [4.69, 9.17) is 14.1 Å². The molecule has 4 nitrogen and oxygen atoms in total. The molecule has 1 aromatic heterocycles. The van der Waals surface area contributed by atoms with Gasteiger partial charge >= 0.3 is 0 Å². The first-order valence-electron chi connectivity index (χ1n) is 9.64. The SMILES string of the molecule is Cc1oc(-c2ccc(N(C)C)cc2)nc1Cc1ccc(Oc2ccccc2)cc1. The van der Waals surface area contributed by atoms with Crippen LogP contribution in [0.5, 0.6) is 11.5 Å². The molecule has 0 saturated heterocycles. The average Bonchev–Trinajstić information content (AvgIpc) is 3.10. The molecule has 0 aliphatic heterocycles. The third-order valence-corrected chi connectivity index (χ3v) is 4.80. The molecule has 146 valence electrons. The van der Waals surface area contributed by atoms with Gasteiger partial charge in [0.25, 0.3) is 0 Å². The molecule has 0 fully saturated rings. The van der Waals surface area contributed by atoms with Gasteiger partial charge in [0.05, 0.1) is 5.69 Å². The van der Waals surface area contributed by atoms with Crippen molar-refractivity contribution >= 4 is 5.69 Å². The van der Waals surface area contributed by atoms with E-state index >= 15 is 0 Å². The minimum atomic E-state index is 0.659. The Kier molecular flexibility index (Phi) is 5.34. The summed E-state index contributed by atoms with van der Waals surface area (Å²) in [6.07, 6.45) is 0.719. The van der Waals surface area contributed by atoms with Crippen molar-refractivity contribution in [2.24, 2.45) is 0 Å². The first-order chi connectivity index (χ1) is 14.1. The summed E-state index contributed by atoms with van der Waals surface area (Å²) >= 11 is 0. The number of para-hydroxylation sites is 1. The molecule has 0 bridgehead atoms. The number of hydrogen-bond acceptors (Lipinski definition) is 4. The first kappa shape index (κ1) is 18.8. The first-order valence-corrected chi connectivity index (χ1v) is 9.64. The maximum absolute atomic E-state index is 5.93. The van der Waals surface area contributed by atoms with Crippen molar-refractivity contribution in [1.82, 2.24) is 4.98 Å². The van der Waals surface area contributed by atoms with Crippen molar-refractivity contribution in [3.8, 4) is 23.0 Å². The van der Waals surface area contributed by atoms with Gasteiger partial charge in [-0.05, 0) is 61.0 Å². The highest BCUT2D eigenvalue weighted by Crippen LogP contribution is 2.26. The monoisotopic (exact) mass is 384 g/mol. The highest BCUT2D eigenvalue weighted by Gasteiger charge is 2.12. The lowest BCUT2D eigenvalue weighted by atomic mass is 10.1. The second-order valence-electron chi connectivity index (χ2n) is 7.20. The van der Waals surface area contributed by atoms with Crippen LogP contribution in [0.15, 0.2) is 83.3 Å². The van der Waals surface area contributed by atoms with Crippen LogP contribution in [0.2, 0.25) is 0 Å². The molecule has 4 heteroatoms. The Morgan fingerprint density at radius 1 is 0.828 bits per heavy atom. The molecule has 0 amide bonds. The van der Waals surface area contributed by atoms with E-state index < -0.39 is 0 Å². The minimum absolute atomic E-state index is 0.659. The molecule has 0 saturated carbocycles. The fraction of sp³-hybridized carbons (Fsp3) is 0.160. The molecule has 0 unspecified atom stereocenters. The molecule has 0 atom stereocenters. The Balaban J connectivity index is 1.47. The van der Waals surface area contributed by atoms with Gasteiger partial charge in [-0.15, -0.1) is 0 Å².